The van der Waals surface area contributed by atoms with E-state index < -0.39 is 0 Å². The van der Waals surface area contributed by atoms with Crippen molar-refractivity contribution in [1.29, 1.82) is 0 Å². The molecule has 0 fully saturated rings. The molecule has 0 heterocycles. The second kappa shape index (κ2) is 6.58. The van der Waals surface area contributed by atoms with E-state index in [2.05, 4.69) is 74.3 Å². The fourth-order valence-electron chi connectivity index (χ4n) is 2.41. The predicted octanol–water partition coefficient (Wildman–Crippen LogP) is 4.04. The first-order valence-electron chi connectivity index (χ1n) is 7.25. The molecule has 0 spiro atoms. The van der Waals surface area contributed by atoms with Crippen LogP contribution in [0, 0.1) is 6.92 Å². The zero-order valence-electron chi connectivity index (χ0n) is 12.6. The summed E-state index contributed by atoms with van der Waals surface area (Å²) in [4.78, 5) is 2.24. The lowest BCUT2D eigenvalue weighted by Crippen LogP contribution is -2.23. The Labute approximate surface area is 122 Å². The van der Waals surface area contributed by atoms with Gasteiger partial charge in [0.05, 0.1) is 0 Å². The Hall–Kier alpha value is -1.80. The number of anilines is 2. The van der Waals surface area contributed by atoms with Crippen LogP contribution in [0.4, 0.5) is 11.4 Å². The van der Waals surface area contributed by atoms with Crippen molar-refractivity contribution in [3.63, 3.8) is 0 Å². The average Bonchev–Trinajstić information content (AvgIpc) is 2.47. The maximum atomic E-state index is 6.12. The van der Waals surface area contributed by atoms with Gasteiger partial charge >= 0.3 is 0 Å². The highest BCUT2D eigenvalue weighted by Gasteiger charge is 2.11. The minimum absolute atomic E-state index is 0.224. The third-order valence-corrected chi connectivity index (χ3v) is 3.75. The van der Waals surface area contributed by atoms with Crippen molar-refractivity contribution < 1.29 is 0 Å². The summed E-state index contributed by atoms with van der Waals surface area (Å²) in [7, 11) is 2.12. The summed E-state index contributed by atoms with van der Waals surface area (Å²) in [5.74, 6) is 0. The van der Waals surface area contributed by atoms with Crippen LogP contribution in [0.15, 0.2) is 48.5 Å². The number of nitrogens with two attached hydrogens (primary N) is 1. The molecule has 0 amide bonds. The first kappa shape index (κ1) is 14.6. The van der Waals surface area contributed by atoms with Gasteiger partial charge in [-0.05, 0) is 49.1 Å². The second-order valence-corrected chi connectivity index (χ2v) is 5.40. The molecule has 1 atom stereocenters. The van der Waals surface area contributed by atoms with Gasteiger partial charge in [0.2, 0.25) is 0 Å². The van der Waals surface area contributed by atoms with Gasteiger partial charge in [-0.15, -0.1) is 0 Å². The summed E-state index contributed by atoms with van der Waals surface area (Å²) in [6, 6.07) is 17.3. The molecule has 2 N–H and O–H groups in total. The van der Waals surface area contributed by atoms with Crippen molar-refractivity contribution in [3.8, 4) is 0 Å². The van der Waals surface area contributed by atoms with E-state index in [1.807, 2.05) is 0 Å². The Bertz CT molecular complexity index is 563. The van der Waals surface area contributed by atoms with Gasteiger partial charge in [-0.2, -0.15) is 0 Å². The SMILES string of the molecule is CCC(N)Cc1ccccc1N(C)c1cccc(C)c1. The summed E-state index contributed by atoms with van der Waals surface area (Å²) in [5.41, 5.74) is 11.2. The van der Waals surface area contributed by atoms with Crippen LogP contribution in [0.5, 0.6) is 0 Å². The number of aryl methyl sites for hydroxylation is 1. The molecular formula is C18H24N2. The molecule has 0 aliphatic carbocycles. The second-order valence-electron chi connectivity index (χ2n) is 5.40. The van der Waals surface area contributed by atoms with E-state index in [0.29, 0.717) is 0 Å². The van der Waals surface area contributed by atoms with Crippen molar-refractivity contribution in [3.05, 3.63) is 59.7 Å². The Morgan fingerprint density at radius 3 is 2.55 bits per heavy atom. The maximum Gasteiger partial charge on any atom is 0.0441 e. The number of rotatable bonds is 5. The zero-order valence-corrected chi connectivity index (χ0v) is 12.6. The van der Waals surface area contributed by atoms with Gasteiger partial charge in [-0.25, -0.2) is 0 Å². The van der Waals surface area contributed by atoms with E-state index in [1.165, 1.54) is 22.5 Å². The molecule has 2 aromatic rings. The quantitative estimate of drug-likeness (QED) is 0.886. The normalized spacial score (nSPS) is 12.2. The molecule has 2 heteroatoms. The Balaban J connectivity index is 2.32. The van der Waals surface area contributed by atoms with E-state index >= 15 is 0 Å². The van der Waals surface area contributed by atoms with Crippen molar-refractivity contribution >= 4 is 11.4 Å². The number of benzene rings is 2. The first-order valence-corrected chi connectivity index (χ1v) is 7.25. The van der Waals surface area contributed by atoms with Gasteiger partial charge in [0, 0.05) is 24.5 Å². The molecule has 2 aromatic carbocycles. The number of hydrogen-bond acceptors (Lipinski definition) is 2. The van der Waals surface area contributed by atoms with Gasteiger partial charge in [0.25, 0.3) is 0 Å². The van der Waals surface area contributed by atoms with Gasteiger partial charge < -0.3 is 10.6 Å². The molecule has 106 valence electrons. The minimum Gasteiger partial charge on any atom is -0.344 e. The summed E-state index contributed by atoms with van der Waals surface area (Å²) in [6.45, 7) is 4.26. The van der Waals surface area contributed by atoms with Gasteiger partial charge in [0.15, 0.2) is 0 Å². The average molecular weight is 268 g/mol. The molecule has 20 heavy (non-hydrogen) atoms. The molecule has 0 radical (unpaired) electrons. The number of nitrogens with zero attached hydrogens (tertiary/aromatic N) is 1. The van der Waals surface area contributed by atoms with Crippen LogP contribution in [-0.2, 0) is 6.42 Å². The molecule has 2 rings (SSSR count). The van der Waals surface area contributed by atoms with E-state index in [0.717, 1.165) is 12.8 Å². The van der Waals surface area contributed by atoms with Crippen molar-refractivity contribution in [2.45, 2.75) is 32.7 Å². The maximum absolute atomic E-state index is 6.12. The van der Waals surface area contributed by atoms with Crippen LogP contribution in [0.1, 0.15) is 24.5 Å². The molecule has 0 saturated heterocycles. The summed E-state index contributed by atoms with van der Waals surface area (Å²) >= 11 is 0. The molecule has 0 saturated carbocycles. The molecule has 0 aliphatic heterocycles. The largest absolute Gasteiger partial charge is 0.344 e. The van der Waals surface area contributed by atoms with E-state index in [1.54, 1.807) is 0 Å². The Kier molecular flexibility index (Phi) is 4.80. The third-order valence-electron chi connectivity index (χ3n) is 3.75. The van der Waals surface area contributed by atoms with Gasteiger partial charge in [0.1, 0.15) is 0 Å². The lowest BCUT2D eigenvalue weighted by atomic mass is 10.0. The smallest absolute Gasteiger partial charge is 0.0441 e. The fourth-order valence-corrected chi connectivity index (χ4v) is 2.41. The van der Waals surface area contributed by atoms with Gasteiger partial charge in [-0.3, -0.25) is 0 Å². The molecule has 0 aliphatic rings. The molecule has 0 bridgehead atoms. The Morgan fingerprint density at radius 1 is 1.10 bits per heavy atom. The molecular weight excluding hydrogens is 244 g/mol. The van der Waals surface area contributed by atoms with Crippen LogP contribution in [0.25, 0.3) is 0 Å². The standard InChI is InChI=1S/C18H24N2/c1-4-16(19)13-15-9-5-6-11-18(15)20(3)17-10-7-8-14(2)12-17/h5-12,16H,4,13,19H2,1-3H3. The monoisotopic (exact) mass is 268 g/mol. The van der Waals surface area contributed by atoms with Crippen molar-refractivity contribution in [2.75, 3.05) is 11.9 Å². The minimum atomic E-state index is 0.224. The van der Waals surface area contributed by atoms with E-state index in [4.69, 9.17) is 5.73 Å². The lowest BCUT2D eigenvalue weighted by Gasteiger charge is -2.24. The lowest BCUT2D eigenvalue weighted by molar-refractivity contribution is 0.646. The topological polar surface area (TPSA) is 29.3 Å². The van der Waals surface area contributed by atoms with Crippen LogP contribution < -0.4 is 10.6 Å². The van der Waals surface area contributed by atoms with Crippen LogP contribution in [-0.4, -0.2) is 13.1 Å². The highest BCUT2D eigenvalue weighted by molar-refractivity contribution is 5.66. The molecule has 1 unspecified atom stereocenters. The Morgan fingerprint density at radius 2 is 1.85 bits per heavy atom. The fraction of sp³-hybridized carbons (Fsp3) is 0.333. The molecule has 2 nitrogen and oxygen atoms in total. The highest BCUT2D eigenvalue weighted by atomic mass is 15.1. The number of hydrogen-bond donors (Lipinski definition) is 1. The zero-order chi connectivity index (χ0) is 14.5. The van der Waals surface area contributed by atoms with Gasteiger partial charge in [-0.1, -0.05) is 37.3 Å². The van der Waals surface area contributed by atoms with Crippen molar-refractivity contribution in [2.24, 2.45) is 5.73 Å². The first-order chi connectivity index (χ1) is 9.61. The van der Waals surface area contributed by atoms with Crippen molar-refractivity contribution in [1.82, 2.24) is 0 Å². The third kappa shape index (κ3) is 3.40. The van der Waals surface area contributed by atoms with Crippen LogP contribution in [0.3, 0.4) is 0 Å². The number of para-hydroxylation sites is 1. The summed E-state index contributed by atoms with van der Waals surface area (Å²) in [6.07, 6.45) is 1.92. The summed E-state index contributed by atoms with van der Waals surface area (Å²) in [5, 5.41) is 0. The van der Waals surface area contributed by atoms with E-state index in [9.17, 15) is 0 Å². The summed E-state index contributed by atoms with van der Waals surface area (Å²) < 4.78 is 0. The van der Waals surface area contributed by atoms with Crippen LogP contribution in [0.2, 0.25) is 0 Å². The van der Waals surface area contributed by atoms with E-state index in [-0.39, 0.29) is 6.04 Å². The molecule has 0 aromatic heterocycles. The van der Waals surface area contributed by atoms with Crippen LogP contribution >= 0.6 is 0 Å². The highest BCUT2D eigenvalue weighted by Crippen LogP contribution is 2.28. The predicted molar refractivity (Wildman–Crippen MR) is 87.7 cm³/mol.